The van der Waals surface area contributed by atoms with Crippen molar-refractivity contribution in [3.63, 3.8) is 0 Å². The van der Waals surface area contributed by atoms with Crippen LogP contribution in [0.25, 0.3) is 22.4 Å². The van der Waals surface area contributed by atoms with Crippen LogP contribution in [0.1, 0.15) is 5.56 Å². The molecule has 0 saturated carbocycles. The van der Waals surface area contributed by atoms with E-state index in [1.54, 1.807) is 12.3 Å². The SMILES string of the molecule is Cc1cnc(Cl)nc1-c1cc2cccc(Cl)c2o1. The number of hydrogen-bond acceptors (Lipinski definition) is 3. The summed E-state index contributed by atoms with van der Waals surface area (Å²) < 4.78 is 5.74. The van der Waals surface area contributed by atoms with E-state index in [0.29, 0.717) is 22.1 Å². The second kappa shape index (κ2) is 4.26. The van der Waals surface area contributed by atoms with Crippen LogP contribution in [0.15, 0.2) is 34.9 Å². The molecule has 0 N–H and O–H groups in total. The minimum absolute atomic E-state index is 0.196. The third-order valence-corrected chi connectivity index (χ3v) is 3.15. The summed E-state index contributed by atoms with van der Waals surface area (Å²) in [4.78, 5) is 8.11. The van der Waals surface area contributed by atoms with Gasteiger partial charge in [0.05, 0.1) is 5.02 Å². The predicted molar refractivity (Wildman–Crippen MR) is 72.0 cm³/mol. The van der Waals surface area contributed by atoms with Gasteiger partial charge in [0.2, 0.25) is 5.28 Å². The zero-order valence-electron chi connectivity index (χ0n) is 9.45. The second-order valence-electron chi connectivity index (χ2n) is 3.94. The van der Waals surface area contributed by atoms with Crippen LogP contribution >= 0.6 is 23.2 Å². The average molecular weight is 279 g/mol. The highest BCUT2D eigenvalue weighted by Gasteiger charge is 2.12. The summed E-state index contributed by atoms with van der Waals surface area (Å²) in [6.07, 6.45) is 1.67. The lowest BCUT2D eigenvalue weighted by Crippen LogP contribution is -1.89. The maximum Gasteiger partial charge on any atom is 0.223 e. The first-order chi connectivity index (χ1) is 8.65. The molecule has 5 heteroatoms. The molecule has 90 valence electrons. The van der Waals surface area contributed by atoms with Gasteiger partial charge in [0.25, 0.3) is 0 Å². The molecular weight excluding hydrogens is 271 g/mol. The lowest BCUT2D eigenvalue weighted by atomic mass is 10.2. The molecule has 0 aliphatic heterocycles. The molecule has 0 atom stereocenters. The molecule has 0 amide bonds. The lowest BCUT2D eigenvalue weighted by Gasteiger charge is -2.00. The van der Waals surface area contributed by atoms with Gasteiger partial charge in [-0.25, -0.2) is 9.97 Å². The number of benzene rings is 1. The van der Waals surface area contributed by atoms with Crippen LogP contribution in [0.3, 0.4) is 0 Å². The Hall–Kier alpha value is -1.58. The summed E-state index contributed by atoms with van der Waals surface area (Å²) >= 11 is 11.9. The fourth-order valence-corrected chi connectivity index (χ4v) is 2.17. The Labute approximate surface area is 113 Å². The zero-order valence-corrected chi connectivity index (χ0v) is 11.0. The largest absolute Gasteiger partial charge is 0.453 e. The van der Waals surface area contributed by atoms with E-state index in [0.717, 1.165) is 10.9 Å². The van der Waals surface area contributed by atoms with Gasteiger partial charge in [0, 0.05) is 11.6 Å². The summed E-state index contributed by atoms with van der Waals surface area (Å²) in [6.45, 7) is 1.90. The quantitative estimate of drug-likeness (QED) is 0.615. The minimum Gasteiger partial charge on any atom is -0.453 e. The Morgan fingerprint density at radius 3 is 2.83 bits per heavy atom. The molecule has 0 fully saturated rings. The molecule has 0 unspecified atom stereocenters. The van der Waals surface area contributed by atoms with Crippen LogP contribution < -0.4 is 0 Å². The van der Waals surface area contributed by atoms with Gasteiger partial charge in [0.1, 0.15) is 5.69 Å². The number of hydrogen-bond donors (Lipinski definition) is 0. The molecule has 18 heavy (non-hydrogen) atoms. The normalized spacial score (nSPS) is 11.1. The number of halogens is 2. The fraction of sp³-hybridized carbons (Fsp3) is 0.0769. The lowest BCUT2D eigenvalue weighted by molar-refractivity contribution is 0.628. The number of para-hydroxylation sites is 1. The van der Waals surface area contributed by atoms with E-state index < -0.39 is 0 Å². The van der Waals surface area contributed by atoms with Crippen molar-refractivity contribution in [1.82, 2.24) is 9.97 Å². The van der Waals surface area contributed by atoms with Crippen molar-refractivity contribution >= 4 is 34.2 Å². The van der Waals surface area contributed by atoms with Crippen molar-refractivity contribution in [3.8, 4) is 11.5 Å². The summed E-state index contributed by atoms with van der Waals surface area (Å²) in [5.74, 6) is 0.639. The van der Waals surface area contributed by atoms with E-state index in [1.165, 1.54) is 0 Å². The monoisotopic (exact) mass is 278 g/mol. The molecule has 0 bridgehead atoms. The molecule has 3 aromatic rings. The molecule has 0 saturated heterocycles. The highest BCUT2D eigenvalue weighted by Crippen LogP contribution is 2.32. The van der Waals surface area contributed by atoms with Crippen molar-refractivity contribution < 1.29 is 4.42 Å². The minimum atomic E-state index is 0.196. The standard InChI is InChI=1S/C13H8Cl2N2O/c1-7-6-16-13(15)17-11(7)10-5-8-3-2-4-9(14)12(8)18-10/h2-6H,1H3. The van der Waals surface area contributed by atoms with Crippen molar-refractivity contribution in [3.05, 3.63) is 46.3 Å². The molecule has 3 rings (SSSR count). The smallest absolute Gasteiger partial charge is 0.223 e. The first kappa shape index (κ1) is 11.5. The van der Waals surface area contributed by atoms with Gasteiger partial charge in [-0.15, -0.1) is 0 Å². The van der Waals surface area contributed by atoms with Crippen LogP contribution in [-0.4, -0.2) is 9.97 Å². The van der Waals surface area contributed by atoms with Gasteiger partial charge in [-0.05, 0) is 36.2 Å². The van der Waals surface area contributed by atoms with Gasteiger partial charge in [-0.1, -0.05) is 23.7 Å². The van der Waals surface area contributed by atoms with Gasteiger partial charge in [-0.2, -0.15) is 0 Å². The van der Waals surface area contributed by atoms with Crippen LogP contribution in [0, 0.1) is 6.92 Å². The summed E-state index contributed by atoms with van der Waals surface area (Å²) in [5.41, 5.74) is 2.24. The van der Waals surface area contributed by atoms with Crippen molar-refractivity contribution in [1.29, 1.82) is 0 Å². The second-order valence-corrected chi connectivity index (χ2v) is 4.68. The number of aromatic nitrogens is 2. The van der Waals surface area contributed by atoms with Crippen molar-refractivity contribution in [2.45, 2.75) is 6.92 Å². The maximum absolute atomic E-state index is 6.08. The molecule has 1 aromatic carbocycles. The average Bonchev–Trinajstić information content (AvgIpc) is 2.77. The molecule has 3 nitrogen and oxygen atoms in total. The Morgan fingerprint density at radius 1 is 1.22 bits per heavy atom. The van der Waals surface area contributed by atoms with Gasteiger partial charge in [-0.3, -0.25) is 0 Å². The van der Waals surface area contributed by atoms with E-state index in [1.807, 2.05) is 25.1 Å². The fourth-order valence-electron chi connectivity index (χ4n) is 1.81. The zero-order chi connectivity index (χ0) is 12.7. The van der Waals surface area contributed by atoms with E-state index >= 15 is 0 Å². The van der Waals surface area contributed by atoms with E-state index in [2.05, 4.69) is 9.97 Å². The maximum atomic E-state index is 6.08. The van der Waals surface area contributed by atoms with E-state index in [4.69, 9.17) is 27.6 Å². The van der Waals surface area contributed by atoms with E-state index in [9.17, 15) is 0 Å². The van der Waals surface area contributed by atoms with Crippen LogP contribution in [0.4, 0.5) is 0 Å². The molecule has 0 aliphatic carbocycles. The van der Waals surface area contributed by atoms with Crippen molar-refractivity contribution in [2.24, 2.45) is 0 Å². The Balaban J connectivity index is 2.26. The number of aryl methyl sites for hydroxylation is 1. The van der Waals surface area contributed by atoms with Crippen LogP contribution in [0.2, 0.25) is 10.3 Å². The third-order valence-electron chi connectivity index (χ3n) is 2.67. The van der Waals surface area contributed by atoms with E-state index in [-0.39, 0.29) is 5.28 Å². The molecule has 0 spiro atoms. The molecule has 0 aliphatic rings. The van der Waals surface area contributed by atoms with Crippen LogP contribution in [-0.2, 0) is 0 Å². The number of furan rings is 1. The summed E-state index contributed by atoms with van der Waals surface area (Å²) in [5, 5.41) is 1.71. The van der Waals surface area contributed by atoms with Crippen molar-refractivity contribution in [2.75, 3.05) is 0 Å². The number of nitrogens with zero attached hydrogens (tertiary/aromatic N) is 2. The first-order valence-corrected chi connectivity index (χ1v) is 6.08. The molecule has 2 aromatic heterocycles. The predicted octanol–water partition coefficient (Wildman–Crippen LogP) is 4.51. The summed E-state index contributed by atoms with van der Waals surface area (Å²) in [6, 6.07) is 7.50. The van der Waals surface area contributed by atoms with Gasteiger partial charge < -0.3 is 4.42 Å². The van der Waals surface area contributed by atoms with Gasteiger partial charge >= 0.3 is 0 Å². The summed E-state index contributed by atoms with van der Waals surface area (Å²) in [7, 11) is 0. The Morgan fingerprint density at radius 2 is 2.06 bits per heavy atom. The Kier molecular flexibility index (Phi) is 2.73. The van der Waals surface area contributed by atoms with Crippen LogP contribution in [0.5, 0.6) is 0 Å². The molecular formula is C13H8Cl2N2O. The Bertz CT molecular complexity index is 737. The highest BCUT2D eigenvalue weighted by atomic mass is 35.5. The molecule has 2 heterocycles. The topological polar surface area (TPSA) is 38.9 Å². The van der Waals surface area contributed by atoms with Gasteiger partial charge in [0.15, 0.2) is 11.3 Å². The highest BCUT2D eigenvalue weighted by molar-refractivity contribution is 6.34. The third kappa shape index (κ3) is 1.85. The first-order valence-electron chi connectivity index (χ1n) is 5.33. The number of rotatable bonds is 1. The number of fused-ring (bicyclic) bond motifs is 1. The molecule has 0 radical (unpaired) electrons.